The van der Waals surface area contributed by atoms with Crippen LogP contribution >= 0.6 is 0 Å². The van der Waals surface area contributed by atoms with Gasteiger partial charge in [0.15, 0.2) is 0 Å². The Kier molecular flexibility index (Phi) is 3.77. The third-order valence-electron chi connectivity index (χ3n) is 3.72. The second-order valence-corrected chi connectivity index (χ2v) is 5.28. The molecule has 0 aliphatic carbocycles. The van der Waals surface area contributed by atoms with Gasteiger partial charge < -0.3 is 5.11 Å². The van der Waals surface area contributed by atoms with E-state index >= 15 is 0 Å². The van der Waals surface area contributed by atoms with Gasteiger partial charge in [-0.25, -0.2) is 0 Å². The van der Waals surface area contributed by atoms with Crippen molar-refractivity contribution in [3.8, 4) is 0 Å². The summed E-state index contributed by atoms with van der Waals surface area (Å²) >= 11 is 0. The molecule has 1 aliphatic rings. The fourth-order valence-corrected chi connectivity index (χ4v) is 2.58. The number of hydrogen-bond acceptors (Lipinski definition) is 2. The zero-order valence-electron chi connectivity index (χ0n) is 10.3. The Morgan fingerprint density at radius 2 is 1.87 bits per heavy atom. The van der Waals surface area contributed by atoms with E-state index in [4.69, 9.17) is 0 Å². The van der Waals surface area contributed by atoms with Crippen LogP contribution in [-0.4, -0.2) is 34.6 Å². The molecular weight excluding hydrogens is 190 g/mol. The molecule has 15 heavy (non-hydrogen) atoms. The van der Waals surface area contributed by atoms with Gasteiger partial charge in [0.2, 0.25) is 0 Å². The highest BCUT2D eigenvalue weighted by molar-refractivity contribution is 5.78. The molecule has 0 saturated carbocycles. The quantitative estimate of drug-likeness (QED) is 0.781. The Bertz CT molecular complexity index is 232. The molecule has 1 heterocycles. The Balaban J connectivity index is 2.80. The number of carbonyl (C=O) groups is 1. The second kappa shape index (κ2) is 4.52. The first-order valence-corrected chi connectivity index (χ1v) is 5.88. The summed E-state index contributed by atoms with van der Waals surface area (Å²) in [5.41, 5.74) is -0.678. The minimum Gasteiger partial charge on any atom is -0.480 e. The first-order chi connectivity index (χ1) is 6.90. The summed E-state index contributed by atoms with van der Waals surface area (Å²) in [6.07, 6.45) is 1.89. The van der Waals surface area contributed by atoms with E-state index in [0.717, 1.165) is 13.1 Å². The van der Waals surface area contributed by atoms with Crippen LogP contribution in [0.25, 0.3) is 0 Å². The fourth-order valence-electron chi connectivity index (χ4n) is 2.58. The molecule has 0 aromatic carbocycles. The molecule has 3 atom stereocenters. The zero-order valence-corrected chi connectivity index (χ0v) is 10.3. The van der Waals surface area contributed by atoms with Gasteiger partial charge in [0.1, 0.15) is 5.54 Å². The molecule has 1 fully saturated rings. The SMILES string of the molecule is CC[C@](C)(C(=O)O)N1C[C@@H](C)C[C@H](C)C1. The van der Waals surface area contributed by atoms with Gasteiger partial charge in [-0.15, -0.1) is 0 Å². The van der Waals surface area contributed by atoms with Gasteiger partial charge in [0.05, 0.1) is 0 Å². The third kappa shape index (κ3) is 2.51. The van der Waals surface area contributed by atoms with Crippen molar-refractivity contribution < 1.29 is 9.90 Å². The lowest BCUT2D eigenvalue weighted by Gasteiger charge is -2.44. The number of piperidine rings is 1. The highest BCUT2D eigenvalue weighted by Crippen LogP contribution is 2.29. The Morgan fingerprint density at radius 1 is 1.40 bits per heavy atom. The van der Waals surface area contributed by atoms with Crippen LogP contribution in [0.3, 0.4) is 0 Å². The van der Waals surface area contributed by atoms with Crippen LogP contribution in [-0.2, 0) is 4.79 Å². The molecule has 3 heteroatoms. The molecule has 0 aromatic rings. The normalized spacial score (nSPS) is 32.3. The van der Waals surface area contributed by atoms with E-state index in [9.17, 15) is 9.90 Å². The first kappa shape index (κ1) is 12.5. The van der Waals surface area contributed by atoms with Gasteiger partial charge in [-0.3, -0.25) is 9.69 Å². The van der Waals surface area contributed by atoms with Crippen LogP contribution < -0.4 is 0 Å². The summed E-state index contributed by atoms with van der Waals surface area (Å²) in [5.74, 6) is 0.532. The minimum atomic E-state index is -0.689. The predicted octanol–water partition coefficient (Wildman–Crippen LogP) is 2.22. The Hall–Kier alpha value is -0.570. The summed E-state index contributed by atoms with van der Waals surface area (Å²) in [7, 11) is 0. The van der Waals surface area contributed by atoms with Crippen LogP contribution in [0.2, 0.25) is 0 Å². The maximum Gasteiger partial charge on any atom is 0.323 e. The summed E-state index contributed by atoms with van der Waals surface area (Å²) in [5, 5.41) is 9.32. The maximum atomic E-state index is 11.3. The van der Waals surface area contributed by atoms with Gasteiger partial charge in [-0.1, -0.05) is 20.8 Å². The number of likely N-dealkylation sites (tertiary alicyclic amines) is 1. The van der Waals surface area contributed by atoms with Gasteiger partial charge in [0, 0.05) is 13.1 Å². The van der Waals surface area contributed by atoms with Crippen molar-refractivity contribution in [1.82, 2.24) is 4.90 Å². The van der Waals surface area contributed by atoms with Crippen molar-refractivity contribution in [2.24, 2.45) is 11.8 Å². The van der Waals surface area contributed by atoms with Crippen molar-refractivity contribution in [2.45, 2.75) is 46.1 Å². The van der Waals surface area contributed by atoms with E-state index in [1.165, 1.54) is 6.42 Å². The lowest BCUT2D eigenvalue weighted by atomic mass is 9.86. The van der Waals surface area contributed by atoms with Gasteiger partial charge in [-0.05, 0) is 31.6 Å². The molecule has 0 amide bonds. The lowest BCUT2D eigenvalue weighted by Crippen LogP contribution is -2.56. The molecular formula is C12H23NO2. The minimum absolute atomic E-state index is 0.610. The Labute approximate surface area is 92.5 Å². The summed E-state index contributed by atoms with van der Waals surface area (Å²) in [6.45, 7) is 10.1. The van der Waals surface area contributed by atoms with Crippen molar-refractivity contribution in [3.05, 3.63) is 0 Å². The van der Waals surface area contributed by atoms with Crippen LogP contribution in [0.1, 0.15) is 40.5 Å². The molecule has 0 spiro atoms. The van der Waals surface area contributed by atoms with Crippen LogP contribution in [0.5, 0.6) is 0 Å². The molecule has 0 bridgehead atoms. The van der Waals surface area contributed by atoms with Gasteiger partial charge >= 0.3 is 5.97 Å². The second-order valence-electron chi connectivity index (χ2n) is 5.28. The van der Waals surface area contributed by atoms with Crippen molar-refractivity contribution >= 4 is 5.97 Å². The summed E-state index contributed by atoms with van der Waals surface area (Å²) in [4.78, 5) is 13.5. The summed E-state index contributed by atoms with van der Waals surface area (Å²) in [6, 6.07) is 0. The predicted molar refractivity (Wildman–Crippen MR) is 60.8 cm³/mol. The number of aliphatic carboxylic acids is 1. The maximum absolute atomic E-state index is 11.3. The highest BCUT2D eigenvalue weighted by atomic mass is 16.4. The largest absolute Gasteiger partial charge is 0.480 e. The van der Waals surface area contributed by atoms with Gasteiger partial charge in [0.25, 0.3) is 0 Å². The average molecular weight is 213 g/mol. The van der Waals surface area contributed by atoms with Gasteiger partial charge in [-0.2, -0.15) is 0 Å². The number of hydrogen-bond donors (Lipinski definition) is 1. The third-order valence-corrected chi connectivity index (χ3v) is 3.72. The van der Waals surface area contributed by atoms with Crippen molar-refractivity contribution in [2.75, 3.05) is 13.1 Å². The van der Waals surface area contributed by atoms with Crippen molar-refractivity contribution in [3.63, 3.8) is 0 Å². The van der Waals surface area contributed by atoms with E-state index in [1.807, 2.05) is 13.8 Å². The lowest BCUT2D eigenvalue weighted by molar-refractivity contribution is -0.152. The standard InChI is InChI=1S/C12H23NO2/c1-5-12(4,11(14)15)13-7-9(2)6-10(3)8-13/h9-10H,5-8H2,1-4H3,(H,14,15)/t9-,10-,12+/m0/s1. The monoisotopic (exact) mass is 213 g/mol. The fraction of sp³-hybridized carbons (Fsp3) is 0.917. The van der Waals surface area contributed by atoms with Crippen LogP contribution in [0.4, 0.5) is 0 Å². The molecule has 1 N–H and O–H groups in total. The molecule has 1 rings (SSSR count). The molecule has 0 unspecified atom stereocenters. The number of carboxylic acids is 1. The van der Waals surface area contributed by atoms with E-state index in [0.29, 0.717) is 18.3 Å². The molecule has 1 aliphatic heterocycles. The topological polar surface area (TPSA) is 40.5 Å². The van der Waals surface area contributed by atoms with E-state index in [1.54, 1.807) is 0 Å². The average Bonchev–Trinajstić information content (AvgIpc) is 2.14. The molecule has 3 nitrogen and oxygen atoms in total. The zero-order chi connectivity index (χ0) is 11.6. The molecule has 0 aromatic heterocycles. The number of nitrogens with zero attached hydrogens (tertiary/aromatic N) is 1. The molecule has 0 radical (unpaired) electrons. The highest BCUT2D eigenvalue weighted by Gasteiger charge is 2.40. The van der Waals surface area contributed by atoms with Crippen molar-refractivity contribution in [1.29, 1.82) is 0 Å². The number of carboxylic acid groups (broad SMARTS) is 1. The smallest absolute Gasteiger partial charge is 0.323 e. The van der Waals surface area contributed by atoms with E-state index < -0.39 is 11.5 Å². The first-order valence-electron chi connectivity index (χ1n) is 5.88. The molecule has 1 saturated heterocycles. The Morgan fingerprint density at radius 3 is 2.20 bits per heavy atom. The van der Waals surface area contributed by atoms with E-state index in [2.05, 4.69) is 18.7 Å². The van der Waals surface area contributed by atoms with Crippen LogP contribution in [0.15, 0.2) is 0 Å². The summed E-state index contributed by atoms with van der Waals surface area (Å²) < 4.78 is 0. The van der Waals surface area contributed by atoms with E-state index in [-0.39, 0.29) is 0 Å². The van der Waals surface area contributed by atoms with Crippen LogP contribution in [0, 0.1) is 11.8 Å². The number of rotatable bonds is 3. The molecule has 88 valence electrons.